The van der Waals surface area contributed by atoms with Gasteiger partial charge < -0.3 is 10.7 Å². The lowest BCUT2D eigenvalue weighted by atomic mass is 10.3. The number of likely N-dealkylation sites (tertiary alicyclic amines) is 1. The van der Waals surface area contributed by atoms with E-state index in [0.717, 1.165) is 19.5 Å². The first-order chi connectivity index (χ1) is 6.75. The highest BCUT2D eigenvalue weighted by atomic mass is 35.5. The third kappa shape index (κ3) is 3.06. The maximum Gasteiger partial charge on any atom is 0.192 e. The number of H-pyrrole nitrogens is 1. The molecule has 0 aromatic carbocycles. The van der Waals surface area contributed by atoms with Crippen molar-refractivity contribution in [1.82, 2.24) is 9.88 Å². The van der Waals surface area contributed by atoms with Gasteiger partial charge in [0.2, 0.25) is 0 Å². The van der Waals surface area contributed by atoms with Crippen molar-refractivity contribution in [2.45, 2.75) is 12.5 Å². The van der Waals surface area contributed by atoms with E-state index in [2.05, 4.69) is 9.88 Å². The van der Waals surface area contributed by atoms with Crippen molar-refractivity contribution >= 4 is 18.2 Å². The van der Waals surface area contributed by atoms with Crippen molar-refractivity contribution in [3.05, 3.63) is 24.0 Å². The lowest BCUT2D eigenvalue weighted by Gasteiger charge is -2.12. The van der Waals surface area contributed by atoms with E-state index in [0.29, 0.717) is 12.2 Å². The van der Waals surface area contributed by atoms with Gasteiger partial charge in [-0.15, -0.1) is 12.4 Å². The number of hydrogen-bond acceptors (Lipinski definition) is 3. The van der Waals surface area contributed by atoms with Crippen molar-refractivity contribution < 1.29 is 4.79 Å². The molecule has 0 bridgehead atoms. The Kier molecular flexibility index (Phi) is 4.32. The number of carbonyl (C=O) groups excluding carboxylic acids is 1. The van der Waals surface area contributed by atoms with Crippen molar-refractivity contribution in [3.8, 4) is 0 Å². The lowest BCUT2D eigenvalue weighted by Crippen LogP contribution is -2.31. The molecule has 2 heterocycles. The molecule has 1 aromatic rings. The van der Waals surface area contributed by atoms with Gasteiger partial charge in [-0.25, -0.2) is 0 Å². The molecule has 0 aliphatic carbocycles. The highest BCUT2D eigenvalue weighted by Crippen LogP contribution is 2.07. The Hall–Kier alpha value is -0.840. The van der Waals surface area contributed by atoms with Crippen LogP contribution in [0.25, 0.3) is 0 Å². The maximum absolute atomic E-state index is 11.7. The Morgan fingerprint density at radius 1 is 1.67 bits per heavy atom. The minimum atomic E-state index is 0. The summed E-state index contributed by atoms with van der Waals surface area (Å²) in [5, 5.41) is 0. The summed E-state index contributed by atoms with van der Waals surface area (Å²) in [5.74, 6) is 0.143. The molecule has 0 spiro atoms. The van der Waals surface area contributed by atoms with Crippen LogP contribution in [-0.2, 0) is 0 Å². The number of halogens is 1. The highest BCUT2D eigenvalue weighted by Gasteiger charge is 2.21. The van der Waals surface area contributed by atoms with E-state index in [1.165, 1.54) is 0 Å². The predicted molar refractivity (Wildman–Crippen MR) is 61.4 cm³/mol. The molecule has 0 unspecified atom stereocenters. The summed E-state index contributed by atoms with van der Waals surface area (Å²) < 4.78 is 0. The van der Waals surface area contributed by atoms with Crippen LogP contribution in [0.4, 0.5) is 0 Å². The van der Waals surface area contributed by atoms with Gasteiger partial charge in [0, 0.05) is 25.3 Å². The quantitative estimate of drug-likeness (QED) is 0.749. The van der Waals surface area contributed by atoms with Crippen molar-refractivity contribution in [1.29, 1.82) is 0 Å². The summed E-state index contributed by atoms with van der Waals surface area (Å²) in [5.41, 5.74) is 6.44. The molecule has 84 valence electrons. The Morgan fingerprint density at radius 2 is 2.47 bits per heavy atom. The number of aromatic nitrogens is 1. The van der Waals surface area contributed by atoms with Crippen LogP contribution in [-0.4, -0.2) is 41.3 Å². The zero-order valence-electron chi connectivity index (χ0n) is 8.48. The fourth-order valence-corrected chi connectivity index (χ4v) is 1.80. The van der Waals surface area contributed by atoms with E-state index in [1.54, 1.807) is 12.3 Å². The van der Waals surface area contributed by atoms with Crippen molar-refractivity contribution in [2.24, 2.45) is 5.73 Å². The molecule has 0 saturated carbocycles. The maximum atomic E-state index is 11.7. The Bertz CT molecular complexity index is 312. The summed E-state index contributed by atoms with van der Waals surface area (Å²) in [4.78, 5) is 16.7. The second kappa shape index (κ2) is 5.30. The molecule has 15 heavy (non-hydrogen) atoms. The van der Waals surface area contributed by atoms with Gasteiger partial charge in [-0.3, -0.25) is 9.69 Å². The van der Waals surface area contributed by atoms with Gasteiger partial charge in [0.1, 0.15) is 0 Å². The minimum absolute atomic E-state index is 0. The van der Waals surface area contributed by atoms with Crippen LogP contribution >= 0.6 is 12.4 Å². The Morgan fingerprint density at radius 3 is 3.00 bits per heavy atom. The van der Waals surface area contributed by atoms with Crippen LogP contribution in [0.3, 0.4) is 0 Å². The molecule has 1 aliphatic heterocycles. The average Bonchev–Trinajstić information content (AvgIpc) is 2.75. The summed E-state index contributed by atoms with van der Waals surface area (Å²) in [6.07, 6.45) is 2.76. The number of nitrogens with zero attached hydrogens (tertiary/aromatic N) is 1. The number of aromatic amines is 1. The van der Waals surface area contributed by atoms with Crippen LogP contribution in [0, 0.1) is 0 Å². The van der Waals surface area contributed by atoms with E-state index in [-0.39, 0.29) is 24.2 Å². The molecule has 1 aromatic heterocycles. The predicted octanol–water partition coefficient (Wildman–Crippen LogP) is 0.652. The second-order valence-corrected chi connectivity index (χ2v) is 3.79. The largest absolute Gasteiger partial charge is 0.359 e. The van der Waals surface area contributed by atoms with Crippen molar-refractivity contribution in [2.75, 3.05) is 19.6 Å². The summed E-state index contributed by atoms with van der Waals surface area (Å²) in [6, 6.07) is 3.88. The summed E-state index contributed by atoms with van der Waals surface area (Å²) in [6.45, 7) is 2.26. The first kappa shape index (κ1) is 12.2. The van der Waals surface area contributed by atoms with Crippen LogP contribution in [0.15, 0.2) is 18.3 Å². The molecule has 1 saturated heterocycles. The topological polar surface area (TPSA) is 62.1 Å². The SMILES string of the molecule is Cl.N[C@H]1CCN(CC(=O)c2ccc[nH]2)C1. The summed E-state index contributed by atoms with van der Waals surface area (Å²) in [7, 11) is 0. The van der Waals surface area contributed by atoms with Gasteiger partial charge in [-0.05, 0) is 18.6 Å². The summed E-state index contributed by atoms with van der Waals surface area (Å²) >= 11 is 0. The molecule has 1 atom stereocenters. The molecule has 4 nitrogen and oxygen atoms in total. The molecular weight excluding hydrogens is 214 g/mol. The van der Waals surface area contributed by atoms with Gasteiger partial charge in [-0.1, -0.05) is 0 Å². The molecule has 0 amide bonds. The Balaban J connectivity index is 0.00000112. The molecular formula is C10H16ClN3O. The van der Waals surface area contributed by atoms with Crippen molar-refractivity contribution in [3.63, 3.8) is 0 Å². The smallest absolute Gasteiger partial charge is 0.192 e. The van der Waals surface area contributed by atoms with Gasteiger partial charge in [0.25, 0.3) is 0 Å². The molecule has 1 aliphatic rings. The van der Waals surface area contributed by atoms with E-state index in [1.807, 2.05) is 6.07 Å². The molecule has 3 N–H and O–H groups in total. The normalized spacial score (nSPS) is 21.3. The van der Waals surface area contributed by atoms with Crippen LogP contribution < -0.4 is 5.73 Å². The number of ketones is 1. The fraction of sp³-hybridized carbons (Fsp3) is 0.500. The van der Waals surface area contributed by atoms with Crippen LogP contribution in [0.2, 0.25) is 0 Å². The molecule has 0 radical (unpaired) electrons. The first-order valence-corrected chi connectivity index (χ1v) is 4.90. The molecule has 5 heteroatoms. The zero-order chi connectivity index (χ0) is 9.97. The number of nitrogens with two attached hydrogens (primary N) is 1. The van der Waals surface area contributed by atoms with E-state index in [4.69, 9.17) is 5.73 Å². The van der Waals surface area contributed by atoms with Gasteiger partial charge in [-0.2, -0.15) is 0 Å². The first-order valence-electron chi connectivity index (χ1n) is 4.90. The number of rotatable bonds is 3. The standard InChI is InChI=1S/C10H15N3O.ClH/c11-8-3-5-13(6-8)7-10(14)9-2-1-4-12-9;/h1-2,4,8,12H,3,5-7,11H2;1H/t8-;/m0./s1. The number of carbonyl (C=O) groups is 1. The Labute approximate surface area is 95.2 Å². The van der Waals surface area contributed by atoms with Gasteiger partial charge in [0.15, 0.2) is 5.78 Å². The van der Waals surface area contributed by atoms with Gasteiger partial charge in [0.05, 0.1) is 12.2 Å². The number of hydrogen-bond donors (Lipinski definition) is 2. The monoisotopic (exact) mass is 229 g/mol. The second-order valence-electron chi connectivity index (χ2n) is 3.79. The minimum Gasteiger partial charge on any atom is -0.359 e. The number of Topliss-reactive ketones (excluding diaryl/α,β-unsaturated/α-hetero) is 1. The third-order valence-electron chi connectivity index (χ3n) is 2.57. The molecule has 1 fully saturated rings. The highest BCUT2D eigenvalue weighted by molar-refractivity contribution is 5.95. The van der Waals surface area contributed by atoms with Gasteiger partial charge >= 0.3 is 0 Å². The average molecular weight is 230 g/mol. The fourth-order valence-electron chi connectivity index (χ4n) is 1.80. The van der Waals surface area contributed by atoms with E-state index in [9.17, 15) is 4.79 Å². The van der Waals surface area contributed by atoms with Crippen LogP contribution in [0.1, 0.15) is 16.9 Å². The van der Waals surface area contributed by atoms with E-state index >= 15 is 0 Å². The molecule has 2 rings (SSSR count). The lowest BCUT2D eigenvalue weighted by molar-refractivity contribution is 0.0940. The van der Waals surface area contributed by atoms with Crippen LogP contribution in [0.5, 0.6) is 0 Å². The zero-order valence-corrected chi connectivity index (χ0v) is 9.30. The van der Waals surface area contributed by atoms with E-state index < -0.39 is 0 Å². The third-order valence-corrected chi connectivity index (χ3v) is 2.57. The number of nitrogens with one attached hydrogen (secondary N) is 1.